The Labute approximate surface area is 147 Å². The Bertz CT molecular complexity index is 888. The fourth-order valence-electron chi connectivity index (χ4n) is 3.15. The van der Waals surface area contributed by atoms with Gasteiger partial charge in [-0.1, -0.05) is 0 Å². The Kier molecular flexibility index (Phi) is 4.37. The molecule has 3 aromatic rings. The average Bonchev–Trinajstić information content (AvgIpc) is 3.09. The first-order valence-corrected chi connectivity index (χ1v) is 8.44. The monoisotopic (exact) mass is 340 g/mol. The Balaban J connectivity index is 2.07. The summed E-state index contributed by atoms with van der Waals surface area (Å²) in [5.74, 6) is -0.312. The molecule has 132 valence electrons. The fraction of sp³-hybridized carbons (Fsp3) is 0.421. The third kappa shape index (κ3) is 3.43. The van der Waals surface area contributed by atoms with Crippen molar-refractivity contribution in [3.63, 3.8) is 0 Å². The van der Waals surface area contributed by atoms with E-state index in [2.05, 4.69) is 21.6 Å². The van der Waals surface area contributed by atoms with Crippen LogP contribution in [-0.2, 0) is 11.3 Å². The number of rotatable bonds is 4. The van der Waals surface area contributed by atoms with Gasteiger partial charge in [0.05, 0.1) is 18.2 Å². The van der Waals surface area contributed by atoms with Crippen molar-refractivity contribution in [1.82, 2.24) is 19.3 Å². The highest BCUT2D eigenvalue weighted by Gasteiger charge is 2.27. The summed E-state index contributed by atoms with van der Waals surface area (Å²) in [7, 11) is 0. The molecular weight excluding hydrogens is 316 g/mol. The van der Waals surface area contributed by atoms with Crippen LogP contribution in [0.3, 0.4) is 0 Å². The lowest BCUT2D eigenvalue weighted by molar-refractivity contribution is 0.00707. The van der Waals surface area contributed by atoms with Crippen molar-refractivity contribution in [3.05, 3.63) is 48.0 Å². The maximum atomic E-state index is 12.8. The highest BCUT2D eigenvalue weighted by Crippen LogP contribution is 2.29. The van der Waals surface area contributed by atoms with E-state index in [9.17, 15) is 4.79 Å². The van der Waals surface area contributed by atoms with Gasteiger partial charge in [0.1, 0.15) is 11.2 Å². The van der Waals surface area contributed by atoms with E-state index in [1.807, 2.05) is 56.8 Å². The van der Waals surface area contributed by atoms with Crippen LogP contribution in [0.25, 0.3) is 11.0 Å². The number of carbonyl (C=O) groups excluding carboxylic acids is 1. The quantitative estimate of drug-likeness (QED) is 0.679. The van der Waals surface area contributed by atoms with Crippen LogP contribution in [-0.4, -0.2) is 30.9 Å². The predicted molar refractivity (Wildman–Crippen MR) is 96.6 cm³/mol. The van der Waals surface area contributed by atoms with Crippen LogP contribution in [0, 0.1) is 6.92 Å². The number of aromatic nitrogens is 4. The third-order valence-corrected chi connectivity index (χ3v) is 4.06. The van der Waals surface area contributed by atoms with E-state index in [0.29, 0.717) is 12.1 Å². The number of ether oxygens (including phenoxy) is 1. The summed E-state index contributed by atoms with van der Waals surface area (Å²) >= 11 is 0. The van der Waals surface area contributed by atoms with E-state index in [-0.39, 0.29) is 12.0 Å². The van der Waals surface area contributed by atoms with E-state index in [4.69, 9.17) is 4.74 Å². The molecule has 6 nitrogen and oxygen atoms in total. The maximum Gasteiger partial charge on any atom is 0.341 e. The number of nitrogens with zero attached hydrogens (tertiary/aromatic N) is 4. The van der Waals surface area contributed by atoms with Crippen molar-refractivity contribution >= 4 is 17.0 Å². The van der Waals surface area contributed by atoms with Gasteiger partial charge in [-0.05, 0) is 52.8 Å². The van der Waals surface area contributed by atoms with Gasteiger partial charge in [-0.3, -0.25) is 4.68 Å². The normalized spacial score (nSPS) is 13.2. The molecule has 0 spiro atoms. The first-order chi connectivity index (χ1) is 11.8. The first kappa shape index (κ1) is 17.2. The molecule has 1 unspecified atom stereocenters. The third-order valence-electron chi connectivity index (χ3n) is 4.06. The molecule has 25 heavy (non-hydrogen) atoms. The molecule has 0 N–H and O–H groups in total. The predicted octanol–water partition coefficient (Wildman–Crippen LogP) is 3.76. The molecule has 0 aliphatic carbocycles. The van der Waals surface area contributed by atoms with Gasteiger partial charge in [0.25, 0.3) is 0 Å². The molecule has 3 rings (SSSR count). The molecule has 3 aromatic heterocycles. The van der Waals surface area contributed by atoms with Gasteiger partial charge in [0.2, 0.25) is 0 Å². The Morgan fingerprint density at radius 3 is 2.68 bits per heavy atom. The van der Waals surface area contributed by atoms with E-state index >= 15 is 0 Å². The molecule has 0 saturated heterocycles. The zero-order valence-corrected chi connectivity index (χ0v) is 15.4. The van der Waals surface area contributed by atoms with Crippen LogP contribution >= 0.6 is 0 Å². The number of carbonyl (C=O) groups is 1. The standard InChI is InChI=1S/C19H24N4O2/c1-13(12-22-11-7-10-21-22)23-14(2)16(18(24)25-19(3,4)5)15-8-6-9-20-17(15)23/h6-11,13H,12H2,1-5H3. The van der Waals surface area contributed by atoms with Crippen LogP contribution in [0.2, 0.25) is 0 Å². The van der Waals surface area contributed by atoms with Gasteiger partial charge in [-0.15, -0.1) is 0 Å². The summed E-state index contributed by atoms with van der Waals surface area (Å²) < 4.78 is 9.59. The van der Waals surface area contributed by atoms with Gasteiger partial charge < -0.3 is 9.30 Å². The molecule has 6 heteroatoms. The van der Waals surface area contributed by atoms with Gasteiger partial charge in [0, 0.05) is 29.7 Å². The Morgan fingerprint density at radius 1 is 1.28 bits per heavy atom. The van der Waals surface area contributed by atoms with E-state index in [1.165, 1.54) is 0 Å². The second-order valence-corrected chi connectivity index (χ2v) is 7.28. The van der Waals surface area contributed by atoms with Crippen LogP contribution < -0.4 is 0 Å². The van der Waals surface area contributed by atoms with Crippen molar-refractivity contribution < 1.29 is 9.53 Å². The van der Waals surface area contributed by atoms with Gasteiger partial charge in [-0.2, -0.15) is 5.10 Å². The highest BCUT2D eigenvalue weighted by atomic mass is 16.6. The molecule has 0 aliphatic heterocycles. The van der Waals surface area contributed by atoms with Gasteiger partial charge in [-0.25, -0.2) is 9.78 Å². The summed E-state index contributed by atoms with van der Waals surface area (Å²) in [5, 5.41) is 5.09. The summed E-state index contributed by atoms with van der Waals surface area (Å²) in [6.07, 6.45) is 5.44. The molecule has 0 amide bonds. The minimum atomic E-state index is -0.541. The van der Waals surface area contributed by atoms with E-state index in [1.54, 1.807) is 12.4 Å². The molecule has 0 fully saturated rings. The fourth-order valence-corrected chi connectivity index (χ4v) is 3.15. The second-order valence-electron chi connectivity index (χ2n) is 7.28. The number of esters is 1. The summed E-state index contributed by atoms with van der Waals surface area (Å²) in [5.41, 5.74) is 1.70. The zero-order chi connectivity index (χ0) is 18.2. The summed E-state index contributed by atoms with van der Waals surface area (Å²) in [6, 6.07) is 5.76. The van der Waals surface area contributed by atoms with Crippen LogP contribution in [0.15, 0.2) is 36.8 Å². The van der Waals surface area contributed by atoms with Crippen LogP contribution in [0.5, 0.6) is 0 Å². The number of hydrogen-bond acceptors (Lipinski definition) is 4. The minimum absolute atomic E-state index is 0.0912. The van der Waals surface area contributed by atoms with Crippen molar-refractivity contribution in [3.8, 4) is 0 Å². The average molecular weight is 340 g/mol. The molecule has 0 radical (unpaired) electrons. The number of fused-ring (bicyclic) bond motifs is 1. The smallest absolute Gasteiger partial charge is 0.341 e. The number of pyridine rings is 1. The molecule has 0 aliphatic rings. The van der Waals surface area contributed by atoms with Crippen molar-refractivity contribution in [1.29, 1.82) is 0 Å². The Morgan fingerprint density at radius 2 is 2.04 bits per heavy atom. The lowest BCUT2D eigenvalue weighted by atomic mass is 10.1. The van der Waals surface area contributed by atoms with Crippen LogP contribution in [0.4, 0.5) is 0 Å². The minimum Gasteiger partial charge on any atom is -0.456 e. The molecule has 3 heterocycles. The Hall–Kier alpha value is -2.63. The molecule has 0 bridgehead atoms. The lowest BCUT2D eigenvalue weighted by Gasteiger charge is -2.20. The van der Waals surface area contributed by atoms with Gasteiger partial charge in [0.15, 0.2) is 0 Å². The zero-order valence-electron chi connectivity index (χ0n) is 15.4. The SMILES string of the molecule is Cc1c(C(=O)OC(C)(C)C)c2cccnc2n1C(C)Cn1cccn1. The van der Waals surface area contributed by atoms with Gasteiger partial charge >= 0.3 is 5.97 Å². The second kappa shape index (κ2) is 6.35. The number of hydrogen-bond donors (Lipinski definition) is 0. The van der Waals surface area contributed by atoms with Crippen molar-refractivity contribution in [2.45, 2.75) is 52.8 Å². The molecular formula is C19H24N4O2. The summed E-state index contributed by atoms with van der Waals surface area (Å²) in [4.78, 5) is 17.3. The van der Waals surface area contributed by atoms with Crippen LogP contribution in [0.1, 0.15) is 49.8 Å². The highest BCUT2D eigenvalue weighted by molar-refractivity contribution is 6.05. The largest absolute Gasteiger partial charge is 0.456 e. The van der Waals surface area contributed by atoms with Crippen molar-refractivity contribution in [2.75, 3.05) is 0 Å². The first-order valence-electron chi connectivity index (χ1n) is 8.44. The lowest BCUT2D eigenvalue weighted by Crippen LogP contribution is -2.24. The van der Waals surface area contributed by atoms with Crippen molar-refractivity contribution in [2.24, 2.45) is 0 Å². The topological polar surface area (TPSA) is 61.9 Å². The molecule has 0 aromatic carbocycles. The molecule has 1 atom stereocenters. The van der Waals surface area contributed by atoms with E-state index < -0.39 is 5.60 Å². The summed E-state index contributed by atoms with van der Waals surface area (Å²) in [6.45, 7) is 10.4. The van der Waals surface area contributed by atoms with E-state index in [0.717, 1.165) is 16.7 Å². The maximum absolute atomic E-state index is 12.8. The molecule has 0 saturated carbocycles.